The molecular weight excluding hydrogens is 1210 g/mol. The van der Waals surface area contributed by atoms with Gasteiger partial charge in [0.05, 0.1) is 0 Å². The monoisotopic (exact) mass is 1230 g/mol. The summed E-state index contributed by atoms with van der Waals surface area (Å²) < 4.78 is 8.30. The molecule has 0 saturated heterocycles. The standard InChI is InChI=1S/C2H7O2P.C2H7OP.CH5O3P.CH4.2H2O.4W.2Y/c1-4-5(2)3;1-4(2)3;1-4-5(2)3;;;;;;;;;/h3H,1-2H3;3H,1-2H3;2-3H,1H3;1H4;2*1H2;;;;;;/p-2. The minimum absolute atomic E-state index is 0. The molecule has 1 unspecified atom stereocenters. The predicted octanol–water partition coefficient (Wildman–Crippen LogP) is 1.31. The van der Waals surface area contributed by atoms with E-state index in [1.165, 1.54) is 14.2 Å². The summed E-state index contributed by atoms with van der Waals surface area (Å²) in [5, 5.41) is 0. The maximum absolute atomic E-state index is 8.20. The largest absolute Gasteiger partial charge is 0.870 e. The van der Waals surface area contributed by atoms with Gasteiger partial charge in [-0.05, 0) is 13.3 Å². The van der Waals surface area contributed by atoms with Crippen LogP contribution in [0.1, 0.15) is 7.43 Å². The van der Waals surface area contributed by atoms with Crippen molar-refractivity contribution in [3.63, 3.8) is 0 Å². The van der Waals surface area contributed by atoms with E-state index in [-0.39, 0.29) is 168 Å². The molecule has 0 aliphatic heterocycles. The molecule has 0 heterocycles. The molecule has 0 aliphatic rings. The van der Waals surface area contributed by atoms with Crippen molar-refractivity contribution in [1.29, 1.82) is 0 Å². The van der Waals surface area contributed by atoms with Crippen molar-refractivity contribution in [3.05, 3.63) is 0 Å². The van der Waals surface area contributed by atoms with Crippen molar-refractivity contribution in [2.45, 2.75) is 7.43 Å². The molecule has 0 aromatic carbocycles. The van der Waals surface area contributed by atoms with Gasteiger partial charge in [-0.25, -0.2) is 0 Å². The molecule has 1 atom stereocenters. The summed E-state index contributed by atoms with van der Waals surface area (Å²) in [5.41, 5.74) is 0. The Morgan fingerprint density at radius 2 is 0.739 bits per heavy atom. The topological polar surface area (TPSA) is 159 Å². The summed E-state index contributed by atoms with van der Waals surface area (Å²) in [6, 6.07) is 0. The van der Waals surface area contributed by atoms with Crippen LogP contribution in [0, 0.1) is 0 Å². The molecule has 0 fully saturated rings. The molecule has 0 aromatic heterocycles. The minimum Gasteiger partial charge on any atom is -0.870 e. The predicted molar refractivity (Wildman–Crippen MR) is 72.0 cm³/mol. The average molecular weight is 1230 g/mol. The molecule has 0 spiro atoms. The van der Waals surface area contributed by atoms with Gasteiger partial charge in [-0.3, -0.25) is 0 Å². The maximum atomic E-state index is 8.20. The van der Waals surface area contributed by atoms with Crippen molar-refractivity contribution in [2.75, 3.05) is 34.2 Å². The molecule has 6 N–H and O–H groups in total. The Labute approximate surface area is 251 Å². The van der Waals surface area contributed by atoms with Crippen LogP contribution in [0.5, 0.6) is 0 Å². The summed E-state index contributed by atoms with van der Waals surface area (Å²) in [6.07, 6.45) is 0. The van der Waals surface area contributed by atoms with Gasteiger partial charge in [0.1, 0.15) is 0 Å². The van der Waals surface area contributed by atoms with Crippen molar-refractivity contribution in [2.24, 2.45) is 0 Å². The molecular formula is C6H25O8P3W4Y2-2. The van der Waals surface area contributed by atoms with Gasteiger partial charge in [0, 0.05) is 179 Å². The van der Waals surface area contributed by atoms with E-state index in [1.807, 2.05) is 0 Å². The van der Waals surface area contributed by atoms with E-state index in [9.17, 15) is 0 Å². The SMILES string of the molecule is C.COP(C)O.COP(O)O.CP(C)O.[OH-].[OH-].[W].[W].[W].[W].[Y].[Y]. The third-order valence-electron chi connectivity index (χ3n) is 0.428. The van der Waals surface area contributed by atoms with Gasteiger partial charge in [-0.15, -0.1) is 0 Å². The van der Waals surface area contributed by atoms with Gasteiger partial charge in [0.15, 0.2) is 8.38 Å². The fraction of sp³-hybridized carbons (Fsp3) is 1.00. The van der Waals surface area contributed by atoms with Gasteiger partial charge < -0.3 is 39.6 Å². The van der Waals surface area contributed by atoms with Crippen LogP contribution in [0.3, 0.4) is 0 Å². The first-order valence-corrected chi connectivity index (χ1v) is 8.34. The van der Waals surface area contributed by atoms with Gasteiger partial charge >= 0.3 is 8.60 Å². The molecule has 2 radical (unpaired) electrons. The van der Waals surface area contributed by atoms with E-state index < -0.39 is 25.1 Å². The zero-order valence-electron chi connectivity index (χ0n) is 12.6. The summed E-state index contributed by atoms with van der Waals surface area (Å²) in [7, 11) is -1.11. The first-order valence-electron chi connectivity index (χ1n) is 3.32. The Bertz CT molecular complexity index is 109. The second kappa shape index (κ2) is 70.7. The Kier molecular flexibility index (Phi) is 242. The first-order chi connectivity index (χ1) is 6.27. The van der Waals surface area contributed by atoms with Crippen molar-refractivity contribution in [1.82, 2.24) is 0 Å². The average Bonchev–Trinajstić information content (AvgIpc) is 2.04. The quantitative estimate of drug-likeness (QED) is 0.302. The summed E-state index contributed by atoms with van der Waals surface area (Å²) >= 11 is 0. The van der Waals surface area contributed by atoms with E-state index in [0.717, 1.165) is 0 Å². The van der Waals surface area contributed by atoms with E-state index in [1.54, 1.807) is 20.0 Å². The van der Waals surface area contributed by atoms with E-state index in [2.05, 4.69) is 9.05 Å². The molecule has 8 nitrogen and oxygen atoms in total. The van der Waals surface area contributed by atoms with Crippen LogP contribution >= 0.6 is 25.1 Å². The second-order valence-electron chi connectivity index (χ2n) is 1.93. The second-order valence-corrected chi connectivity index (χ2v) is 5.79. The summed E-state index contributed by atoms with van der Waals surface area (Å²) in [5.74, 6) is 0. The maximum Gasteiger partial charge on any atom is 0.326 e. The number of hydrogen-bond donors (Lipinski definition) is 4. The van der Waals surface area contributed by atoms with Crippen LogP contribution in [0.2, 0.25) is 0 Å². The van der Waals surface area contributed by atoms with Gasteiger partial charge in [-0.2, -0.15) is 0 Å². The molecule has 0 amide bonds. The Balaban J connectivity index is -0.00000000663. The fourth-order valence-corrected chi connectivity index (χ4v) is 0. The molecule has 0 saturated carbocycles. The molecule has 17 heteroatoms. The van der Waals surface area contributed by atoms with Gasteiger partial charge in [-0.1, -0.05) is 7.43 Å². The van der Waals surface area contributed by atoms with Crippen LogP contribution in [0.15, 0.2) is 0 Å². The van der Waals surface area contributed by atoms with E-state index in [4.69, 9.17) is 19.6 Å². The van der Waals surface area contributed by atoms with E-state index in [0.29, 0.717) is 0 Å². The van der Waals surface area contributed by atoms with Crippen molar-refractivity contribution in [3.8, 4) is 0 Å². The van der Waals surface area contributed by atoms with E-state index >= 15 is 0 Å². The Hall–Kier alpha value is 5.93. The Morgan fingerprint density at radius 1 is 0.652 bits per heavy atom. The minimum atomic E-state index is -2.10. The third-order valence-corrected chi connectivity index (χ3v) is 1.28. The molecule has 144 valence electrons. The van der Waals surface area contributed by atoms with Crippen LogP contribution in [-0.4, -0.2) is 64.7 Å². The van der Waals surface area contributed by atoms with Gasteiger partial charge in [0.2, 0.25) is 0 Å². The van der Waals surface area contributed by atoms with Crippen molar-refractivity contribution < 1.29 is 189 Å². The number of rotatable bonds is 2. The smallest absolute Gasteiger partial charge is 0.326 e. The van der Waals surface area contributed by atoms with Gasteiger partial charge in [0.25, 0.3) is 0 Å². The fourth-order valence-electron chi connectivity index (χ4n) is 0. The molecule has 0 aliphatic carbocycles. The zero-order chi connectivity index (χ0) is 12.1. The number of hydrogen-bond acceptors (Lipinski definition) is 8. The molecule has 23 heavy (non-hydrogen) atoms. The summed E-state index contributed by atoms with van der Waals surface area (Å²) in [4.78, 5) is 31.8. The third kappa shape index (κ3) is 190. The normalized spacial score (nSPS) is 6.91. The van der Waals surface area contributed by atoms with Crippen LogP contribution < -0.4 is 0 Å². The first kappa shape index (κ1) is 78.7. The van der Waals surface area contributed by atoms with Crippen molar-refractivity contribution >= 4 is 25.1 Å². The van der Waals surface area contributed by atoms with Crippen LogP contribution in [0.25, 0.3) is 0 Å². The molecule has 0 rings (SSSR count). The zero-order valence-corrected chi connectivity index (χ0v) is 32.7. The Morgan fingerprint density at radius 3 is 0.739 bits per heavy atom. The van der Waals surface area contributed by atoms with Crippen LogP contribution in [-0.2, 0) is 159 Å². The summed E-state index contributed by atoms with van der Waals surface area (Å²) in [6.45, 7) is 5.19. The van der Waals surface area contributed by atoms with Crippen LogP contribution in [0.4, 0.5) is 0 Å². The molecule has 0 aromatic rings. The molecule has 0 bridgehead atoms.